The third-order valence-electron chi connectivity index (χ3n) is 5.05. The first-order valence-electron chi connectivity index (χ1n) is 8.30. The molecule has 0 aromatic heterocycles. The minimum Gasteiger partial charge on any atom is -0.506 e. The van der Waals surface area contributed by atoms with E-state index >= 15 is 0 Å². The van der Waals surface area contributed by atoms with Crippen LogP contribution in [0.2, 0.25) is 0 Å². The largest absolute Gasteiger partial charge is 0.506 e. The molecule has 1 aromatic carbocycles. The zero-order valence-electron chi connectivity index (χ0n) is 13.6. The van der Waals surface area contributed by atoms with Gasteiger partial charge in [0.2, 0.25) is 0 Å². The third-order valence-corrected chi connectivity index (χ3v) is 5.69. The number of piperazine rings is 1. The number of phenolic OH excluding ortho intramolecular Hbond substituents is 1. The molecule has 2 aliphatic rings. The molecular weight excluding hydrogens is 418 g/mol. The molecule has 0 amide bonds. The molecular formula is C17H26BrCl2FN2O. The second-order valence-electron chi connectivity index (χ2n) is 6.42. The summed E-state index contributed by atoms with van der Waals surface area (Å²) in [5.41, 5.74) is 0.489. The van der Waals surface area contributed by atoms with Gasteiger partial charge in [-0.2, -0.15) is 0 Å². The van der Waals surface area contributed by atoms with Crippen LogP contribution in [0.5, 0.6) is 5.75 Å². The lowest BCUT2D eigenvalue weighted by Crippen LogP contribution is -2.47. The highest BCUT2D eigenvalue weighted by molar-refractivity contribution is 9.10. The van der Waals surface area contributed by atoms with Gasteiger partial charge in [-0.15, -0.1) is 24.8 Å². The highest BCUT2D eigenvalue weighted by atomic mass is 79.9. The number of halogens is 4. The molecule has 1 saturated heterocycles. The smallest absolute Gasteiger partial charge is 0.137 e. The molecule has 2 fully saturated rings. The van der Waals surface area contributed by atoms with E-state index in [4.69, 9.17) is 0 Å². The lowest BCUT2D eigenvalue weighted by Gasteiger charge is -2.41. The molecule has 0 spiro atoms. The summed E-state index contributed by atoms with van der Waals surface area (Å²) in [6.45, 7) is 3.68. The molecule has 1 aromatic rings. The van der Waals surface area contributed by atoms with Gasteiger partial charge in [0.05, 0.1) is 4.47 Å². The van der Waals surface area contributed by atoms with Gasteiger partial charge in [0.15, 0.2) is 0 Å². The van der Waals surface area contributed by atoms with E-state index in [-0.39, 0.29) is 42.4 Å². The lowest BCUT2D eigenvalue weighted by atomic mass is 9.79. The molecule has 0 radical (unpaired) electrons. The molecule has 2 N–H and O–H groups in total. The summed E-state index contributed by atoms with van der Waals surface area (Å²) >= 11 is 3.35. The van der Waals surface area contributed by atoms with E-state index in [1.54, 1.807) is 6.07 Å². The van der Waals surface area contributed by atoms with E-state index in [0.29, 0.717) is 16.0 Å². The number of hydrogen-bond donors (Lipinski definition) is 2. The van der Waals surface area contributed by atoms with Crippen molar-refractivity contribution in [2.75, 3.05) is 26.2 Å². The highest BCUT2D eigenvalue weighted by Gasteiger charge is 2.34. The number of phenols is 1. The van der Waals surface area contributed by atoms with Gasteiger partial charge in [0.1, 0.15) is 11.6 Å². The summed E-state index contributed by atoms with van der Waals surface area (Å²) in [6.07, 6.45) is 5.95. The van der Waals surface area contributed by atoms with E-state index in [9.17, 15) is 9.50 Å². The van der Waals surface area contributed by atoms with Gasteiger partial charge in [-0.05, 0) is 46.8 Å². The number of nitrogens with one attached hydrogen (secondary N) is 1. The Labute approximate surface area is 164 Å². The lowest BCUT2D eigenvalue weighted by molar-refractivity contribution is 0.0983. The topological polar surface area (TPSA) is 35.5 Å². The van der Waals surface area contributed by atoms with Crippen LogP contribution in [0.15, 0.2) is 16.6 Å². The van der Waals surface area contributed by atoms with Gasteiger partial charge in [-0.1, -0.05) is 19.3 Å². The number of aromatic hydroxyl groups is 1. The van der Waals surface area contributed by atoms with Crippen LogP contribution in [0.4, 0.5) is 4.39 Å². The van der Waals surface area contributed by atoms with Crippen LogP contribution < -0.4 is 5.32 Å². The molecule has 3 nitrogen and oxygen atoms in total. The van der Waals surface area contributed by atoms with Crippen molar-refractivity contribution < 1.29 is 9.50 Å². The Morgan fingerprint density at radius 3 is 2.38 bits per heavy atom. The summed E-state index contributed by atoms with van der Waals surface area (Å²) in [5, 5.41) is 13.8. The maximum absolute atomic E-state index is 14.6. The molecule has 24 heavy (non-hydrogen) atoms. The molecule has 1 atom stereocenters. The minimum atomic E-state index is -0.283. The Kier molecular flexibility index (Phi) is 9.31. The second kappa shape index (κ2) is 10.2. The predicted molar refractivity (Wildman–Crippen MR) is 104 cm³/mol. The first kappa shape index (κ1) is 22.0. The van der Waals surface area contributed by atoms with Crippen LogP contribution in [-0.4, -0.2) is 36.2 Å². The maximum atomic E-state index is 14.6. The van der Waals surface area contributed by atoms with Crippen molar-refractivity contribution in [3.05, 3.63) is 28.0 Å². The molecule has 0 unspecified atom stereocenters. The summed E-state index contributed by atoms with van der Waals surface area (Å²) in [6, 6.07) is 3.04. The van der Waals surface area contributed by atoms with Crippen LogP contribution in [0, 0.1) is 11.7 Å². The normalized spacial score (nSPS) is 20.8. The molecule has 7 heteroatoms. The molecule has 138 valence electrons. The van der Waals surface area contributed by atoms with Crippen molar-refractivity contribution in [1.82, 2.24) is 10.2 Å². The van der Waals surface area contributed by atoms with Crippen molar-refractivity contribution in [3.63, 3.8) is 0 Å². The van der Waals surface area contributed by atoms with Crippen molar-refractivity contribution in [3.8, 4) is 5.75 Å². The van der Waals surface area contributed by atoms with Crippen molar-refractivity contribution >= 4 is 40.7 Å². The Hall–Kier alpha value is -0.0700. The van der Waals surface area contributed by atoms with E-state index in [0.717, 1.165) is 39.0 Å². The van der Waals surface area contributed by atoms with Gasteiger partial charge < -0.3 is 10.4 Å². The summed E-state index contributed by atoms with van der Waals surface area (Å²) in [5.74, 6) is 0.227. The standard InChI is InChI=1S/C17H24BrFN2O.2ClH/c18-13-6-7-14(19)15(17(13)22)16(12-4-2-1-3-5-12)21-10-8-20-9-11-21;;/h6-7,12,16,20,22H,1-5,8-11H2;2*1H/t16-;;/m1../s1. The maximum Gasteiger partial charge on any atom is 0.137 e. The van der Waals surface area contributed by atoms with E-state index in [2.05, 4.69) is 26.1 Å². The Morgan fingerprint density at radius 2 is 1.75 bits per heavy atom. The number of hydrogen-bond acceptors (Lipinski definition) is 3. The van der Waals surface area contributed by atoms with E-state index in [1.807, 2.05) is 0 Å². The molecule has 1 heterocycles. The van der Waals surface area contributed by atoms with Gasteiger partial charge in [-0.25, -0.2) is 4.39 Å². The number of rotatable bonds is 3. The Balaban J connectivity index is 0.00000144. The van der Waals surface area contributed by atoms with Crippen LogP contribution >= 0.6 is 40.7 Å². The predicted octanol–water partition coefficient (Wildman–Crippen LogP) is 4.66. The molecule has 3 rings (SSSR count). The highest BCUT2D eigenvalue weighted by Crippen LogP contribution is 2.44. The van der Waals surface area contributed by atoms with Gasteiger partial charge >= 0.3 is 0 Å². The van der Waals surface area contributed by atoms with Crippen LogP contribution in [0.25, 0.3) is 0 Å². The molecule has 1 saturated carbocycles. The fourth-order valence-corrected chi connectivity index (χ4v) is 4.31. The first-order valence-corrected chi connectivity index (χ1v) is 9.09. The van der Waals surface area contributed by atoms with Crippen LogP contribution in [-0.2, 0) is 0 Å². The van der Waals surface area contributed by atoms with E-state index < -0.39 is 0 Å². The zero-order valence-corrected chi connectivity index (χ0v) is 16.9. The Morgan fingerprint density at radius 1 is 1.12 bits per heavy atom. The summed E-state index contributed by atoms with van der Waals surface area (Å²) < 4.78 is 15.2. The quantitative estimate of drug-likeness (QED) is 0.712. The first-order chi connectivity index (χ1) is 10.7. The fraction of sp³-hybridized carbons (Fsp3) is 0.647. The van der Waals surface area contributed by atoms with Crippen molar-refractivity contribution in [2.24, 2.45) is 5.92 Å². The minimum absolute atomic E-state index is 0. The summed E-state index contributed by atoms with van der Waals surface area (Å²) in [4.78, 5) is 2.36. The van der Waals surface area contributed by atoms with E-state index in [1.165, 1.54) is 25.3 Å². The average Bonchev–Trinajstić information content (AvgIpc) is 2.57. The van der Waals surface area contributed by atoms with Crippen LogP contribution in [0.1, 0.15) is 43.7 Å². The molecule has 0 bridgehead atoms. The van der Waals surface area contributed by atoms with Crippen molar-refractivity contribution in [1.29, 1.82) is 0 Å². The summed E-state index contributed by atoms with van der Waals surface area (Å²) in [7, 11) is 0. The van der Waals surface area contributed by atoms with Gasteiger partial charge in [-0.3, -0.25) is 4.90 Å². The zero-order chi connectivity index (χ0) is 15.5. The van der Waals surface area contributed by atoms with Crippen molar-refractivity contribution in [2.45, 2.75) is 38.1 Å². The van der Waals surface area contributed by atoms with Gasteiger partial charge in [0.25, 0.3) is 0 Å². The Bertz CT molecular complexity index is 506. The number of benzene rings is 1. The second-order valence-corrected chi connectivity index (χ2v) is 7.27. The molecule has 1 aliphatic carbocycles. The number of nitrogens with zero attached hydrogens (tertiary/aromatic N) is 1. The molecule has 1 aliphatic heterocycles. The van der Waals surface area contributed by atoms with Gasteiger partial charge in [0, 0.05) is 37.8 Å². The fourth-order valence-electron chi connectivity index (χ4n) is 3.96. The van der Waals surface area contributed by atoms with Crippen LogP contribution in [0.3, 0.4) is 0 Å². The average molecular weight is 444 g/mol. The monoisotopic (exact) mass is 442 g/mol. The third kappa shape index (κ3) is 4.76. The SMILES string of the molecule is Cl.Cl.Oc1c(Br)ccc(F)c1[C@@H](C1CCCCC1)N1CCNCC1.